The Bertz CT molecular complexity index is 231. The Kier molecular flexibility index (Phi) is 1.92. The molecule has 1 unspecified atom stereocenters. The first-order valence-corrected chi connectivity index (χ1v) is 5.93. The molecular formula is C11H21N2O+. The highest BCUT2D eigenvalue weighted by Gasteiger charge is 2.55. The fourth-order valence-electron chi connectivity index (χ4n) is 3.01. The van der Waals surface area contributed by atoms with Crippen molar-refractivity contribution < 1.29 is 9.22 Å². The van der Waals surface area contributed by atoms with Crippen LogP contribution in [-0.4, -0.2) is 54.1 Å². The molecule has 3 heteroatoms. The monoisotopic (exact) mass is 197 g/mol. The third-order valence-electron chi connectivity index (χ3n) is 4.15. The van der Waals surface area contributed by atoms with Crippen LogP contribution in [0.2, 0.25) is 0 Å². The number of ether oxygens (including phenoxy) is 1. The summed E-state index contributed by atoms with van der Waals surface area (Å²) in [6.45, 7) is 9.88. The molecule has 3 aliphatic rings. The highest BCUT2D eigenvalue weighted by molar-refractivity contribution is 4.84. The molecule has 0 radical (unpaired) electrons. The van der Waals surface area contributed by atoms with Crippen molar-refractivity contribution >= 4 is 0 Å². The van der Waals surface area contributed by atoms with Gasteiger partial charge in [0, 0.05) is 6.04 Å². The molecule has 3 fully saturated rings. The normalized spacial score (nSPS) is 46.3. The molecule has 3 saturated heterocycles. The Morgan fingerprint density at radius 1 is 1.14 bits per heavy atom. The molecule has 0 aliphatic carbocycles. The lowest BCUT2D eigenvalue weighted by Crippen LogP contribution is -2.64. The Morgan fingerprint density at radius 3 is 2.43 bits per heavy atom. The van der Waals surface area contributed by atoms with Gasteiger partial charge in [0.2, 0.25) is 0 Å². The van der Waals surface area contributed by atoms with Gasteiger partial charge in [0.25, 0.3) is 0 Å². The molecule has 3 aliphatic heterocycles. The van der Waals surface area contributed by atoms with E-state index in [0.29, 0.717) is 18.2 Å². The molecule has 3 heterocycles. The van der Waals surface area contributed by atoms with Crippen LogP contribution in [0.25, 0.3) is 0 Å². The molecule has 1 spiro atoms. The first-order valence-electron chi connectivity index (χ1n) is 5.93. The van der Waals surface area contributed by atoms with Gasteiger partial charge in [-0.1, -0.05) is 0 Å². The van der Waals surface area contributed by atoms with Crippen LogP contribution in [0.3, 0.4) is 0 Å². The van der Waals surface area contributed by atoms with Gasteiger partial charge in [-0.3, -0.25) is 4.48 Å². The first kappa shape index (κ1) is 9.13. The molecule has 80 valence electrons. The SMILES string of the molecule is C[C@H]1CCC(N2C[N+]3(CC3)C2)[C@@H](C)O1. The topological polar surface area (TPSA) is 12.5 Å². The van der Waals surface area contributed by atoms with Gasteiger partial charge < -0.3 is 4.74 Å². The van der Waals surface area contributed by atoms with Crippen LogP contribution in [-0.2, 0) is 4.74 Å². The third-order valence-corrected chi connectivity index (χ3v) is 4.15. The van der Waals surface area contributed by atoms with E-state index in [4.69, 9.17) is 4.74 Å². The summed E-state index contributed by atoms with van der Waals surface area (Å²) in [5.41, 5.74) is 0. The maximum atomic E-state index is 5.90. The zero-order valence-electron chi connectivity index (χ0n) is 9.28. The fraction of sp³-hybridized carbons (Fsp3) is 1.00. The highest BCUT2D eigenvalue weighted by atomic mass is 16.5. The molecule has 3 rings (SSSR count). The molecule has 3 atom stereocenters. The van der Waals surface area contributed by atoms with Crippen molar-refractivity contribution in [1.82, 2.24) is 4.90 Å². The lowest BCUT2D eigenvalue weighted by atomic mass is 9.98. The van der Waals surface area contributed by atoms with Crippen LogP contribution in [0, 0.1) is 0 Å². The average molecular weight is 197 g/mol. The van der Waals surface area contributed by atoms with Gasteiger partial charge in [0.15, 0.2) is 0 Å². The van der Waals surface area contributed by atoms with Crippen molar-refractivity contribution in [3.8, 4) is 0 Å². The number of nitrogens with zero attached hydrogens (tertiary/aromatic N) is 2. The van der Waals surface area contributed by atoms with E-state index in [-0.39, 0.29) is 0 Å². The summed E-state index contributed by atoms with van der Waals surface area (Å²) in [7, 11) is 0. The summed E-state index contributed by atoms with van der Waals surface area (Å²) in [5.74, 6) is 0. The maximum Gasteiger partial charge on any atom is 0.141 e. The van der Waals surface area contributed by atoms with Crippen LogP contribution in [0.5, 0.6) is 0 Å². The standard InChI is InChI=1S/C11H21N2O/c1-9-3-4-11(10(2)14-9)12-7-13(8-12)5-6-13/h9-11H,3-8H2,1-2H3/q+1/t9-,10+,11?/m0/s1. The minimum atomic E-state index is 0.444. The fourth-order valence-corrected chi connectivity index (χ4v) is 3.01. The van der Waals surface area contributed by atoms with Crippen molar-refractivity contribution in [1.29, 1.82) is 0 Å². The van der Waals surface area contributed by atoms with E-state index in [9.17, 15) is 0 Å². The zero-order chi connectivity index (χ0) is 9.76. The second kappa shape index (κ2) is 2.94. The average Bonchev–Trinajstić information content (AvgIpc) is 2.81. The van der Waals surface area contributed by atoms with E-state index in [1.165, 1.54) is 43.8 Å². The predicted octanol–water partition coefficient (Wildman–Crippen LogP) is 1.00. The van der Waals surface area contributed by atoms with Gasteiger partial charge in [-0.05, 0) is 26.7 Å². The van der Waals surface area contributed by atoms with Crippen LogP contribution >= 0.6 is 0 Å². The predicted molar refractivity (Wildman–Crippen MR) is 54.6 cm³/mol. The Labute approximate surface area is 86.2 Å². The van der Waals surface area contributed by atoms with Crippen LogP contribution < -0.4 is 0 Å². The summed E-state index contributed by atoms with van der Waals surface area (Å²) in [5, 5.41) is 0. The second-order valence-electron chi connectivity index (χ2n) is 5.46. The van der Waals surface area contributed by atoms with Crippen LogP contribution in [0.4, 0.5) is 0 Å². The summed E-state index contributed by atoms with van der Waals surface area (Å²) in [4.78, 5) is 2.63. The third kappa shape index (κ3) is 1.38. The van der Waals surface area contributed by atoms with E-state index in [0.717, 1.165) is 0 Å². The molecule has 0 aromatic rings. The van der Waals surface area contributed by atoms with Crippen molar-refractivity contribution in [3.05, 3.63) is 0 Å². The first-order chi connectivity index (χ1) is 6.69. The molecular weight excluding hydrogens is 176 g/mol. The lowest BCUT2D eigenvalue weighted by molar-refractivity contribution is -0.885. The van der Waals surface area contributed by atoms with Crippen molar-refractivity contribution in [2.24, 2.45) is 0 Å². The van der Waals surface area contributed by atoms with E-state index in [1.807, 2.05) is 0 Å². The van der Waals surface area contributed by atoms with Gasteiger partial charge >= 0.3 is 0 Å². The Hall–Kier alpha value is -0.120. The van der Waals surface area contributed by atoms with Crippen molar-refractivity contribution in [3.63, 3.8) is 0 Å². The number of hydrogen-bond acceptors (Lipinski definition) is 2. The van der Waals surface area contributed by atoms with Gasteiger partial charge in [-0.25, -0.2) is 4.90 Å². The van der Waals surface area contributed by atoms with E-state index < -0.39 is 0 Å². The smallest absolute Gasteiger partial charge is 0.141 e. The molecule has 0 saturated carbocycles. The quantitative estimate of drug-likeness (QED) is 0.459. The number of quaternary nitrogens is 1. The number of hydrogen-bond donors (Lipinski definition) is 0. The zero-order valence-corrected chi connectivity index (χ0v) is 9.28. The van der Waals surface area contributed by atoms with Crippen molar-refractivity contribution in [2.75, 3.05) is 26.4 Å². The summed E-state index contributed by atoms with van der Waals surface area (Å²) in [6.07, 6.45) is 3.50. The minimum absolute atomic E-state index is 0.444. The van der Waals surface area contributed by atoms with Crippen LogP contribution in [0.1, 0.15) is 26.7 Å². The largest absolute Gasteiger partial charge is 0.374 e. The van der Waals surface area contributed by atoms with E-state index in [1.54, 1.807) is 0 Å². The molecule has 3 nitrogen and oxygen atoms in total. The molecule has 14 heavy (non-hydrogen) atoms. The minimum Gasteiger partial charge on any atom is -0.374 e. The Morgan fingerprint density at radius 2 is 1.86 bits per heavy atom. The number of rotatable bonds is 1. The Balaban J connectivity index is 1.57. The molecule has 0 aromatic heterocycles. The summed E-state index contributed by atoms with van der Waals surface area (Å²) >= 11 is 0. The molecule has 0 N–H and O–H groups in total. The lowest BCUT2D eigenvalue weighted by Gasteiger charge is -2.47. The van der Waals surface area contributed by atoms with Gasteiger partial charge in [-0.15, -0.1) is 0 Å². The molecule has 0 aromatic carbocycles. The van der Waals surface area contributed by atoms with Gasteiger partial charge in [0.1, 0.15) is 26.4 Å². The van der Waals surface area contributed by atoms with E-state index >= 15 is 0 Å². The molecule has 0 bridgehead atoms. The summed E-state index contributed by atoms with van der Waals surface area (Å²) in [6, 6.07) is 0.704. The molecule has 0 amide bonds. The second-order valence-corrected chi connectivity index (χ2v) is 5.46. The highest BCUT2D eigenvalue weighted by Crippen LogP contribution is 2.36. The van der Waals surface area contributed by atoms with Crippen LogP contribution in [0.15, 0.2) is 0 Å². The van der Waals surface area contributed by atoms with Crippen molar-refractivity contribution in [2.45, 2.75) is 44.9 Å². The van der Waals surface area contributed by atoms with Gasteiger partial charge in [-0.2, -0.15) is 0 Å². The maximum absolute atomic E-state index is 5.90. The summed E-state index contributed by atoms with van der Waals surface area (Å²) < 4.78 is 7.28. The van der Waals surface area contributed by atoms with Gasteiger partial charge in [0.05, 0.1) is 12.2 Å². The van der Waals surface area contributed by atoms with E-state index in [2.05, 4.69) is 18.7 Å².